The fourth-order valence-electron chi connectivity index (χ4n) is 3.14. The minimum Gasteiger partial charge on any atom is -0.481 e. The lowest BCUT2D eigenvalue weighted by molar-refractivity contribution is -0.140. The lowest BCUT2D eigenvalue weighted by atomic mass is 9.81. The molecule has 3 rings (SSSR count). The summed E-state index contributed by atoms with van der Waals surface area (Å²) in [4.78, 5) is 26.0. The number of rotatable bonds is 3. The van der Waals surface area contributed by atoms with Gasteiger partial charge in [-0.1, -0.05) is 25.1 Å². The zero-order valence-corrected chi connectivity index (χ0v) is 10.9. The molecule has 0 saturated heterocycles. The molecule has 1 N–H and O–H groups in total. The first-order valence-electron chi connectivity index (χ1n) is 6.79. The highest BCUT2D eigenvalue weighted by molar-refractivity contribution is 6.00. The van der Waals surface area contributed by atoms with Gasteiger partial charge in [0.05, 0.1) is 0 Å². The number of carboxylic acids is 1. The molecule has 1 aromatic rings. The van der Waals surface area contributed by atoms with Gasteiger partial charge in [-0.05, 0) is 30.9 Å². The zero-order valence-electron chi connectivity index (χ0n) is 10.9. The summed E-state index contributed by atoms with van der Waals surface area (Å²) < 4.78 is 0. The van der Waals surface area contributed by atoms with Crippen molar-refractivity contribution in [3.05, 3.63) is 35.4 Å². The van der Waals surface area contributed by atoms with Crippen molar-refractivity contribution in [3.63, 3.8) is 0 Å². The van der Waals surface area contributed by atoms with Crippen molar-refractivity contribution in [3.8, 4) is 0 Å². The van der Waals surface area contributed by atoms with E-state index in [1.165, 1.54) is 0 Å². The third-order valence-electron chi connectivity index (χ3n) is 4.13. The summed E-state index contributed by atoms with van der Waals surface area (Å²) in [5.41, 5.74) is 1.23. The van der Waals surface area contributed by atoms with E-state index in [2.05, 4.69) is 0 Å². The average molecular weight is 259 g/mol. The molecule has 19 heavy (non-hydrogen) atoms. The minimum absolute atomic E-state index is 0.00227. The van der Waals surface area contributed by atoms with Crippen LogP contribution in [-0.2, 0) is 4.79 Å². The molecule has 4 nitrogen and oxygen atoms in total. The van der Waals surface area contributed by atoms with Gasteiger partial charge in [-0.3, -0.25) is 9.59 Å². The minimum atomic E-state index is -0.836. The molecule has 0 aromatic heterocycles. The molecule has 4 heteroatoms. The summed E-state index contributed by atoms with van der Waals surface area (Å²) in [6.07, 6.45) is 2.67. The number of hydrogen-bond donors (Lipinski definition) is 1. The highest BCUT2D eigenvalue weighted by atomic mass is 16.4. The van der Waals surface area contributed by atoms with Crippen LogP contribution in [0.4, 0.5) is 0 Å². The second-order valence-corrected chi connectivity index (χ2v) is 5.32. The Hall–Kier alpha value is -1.84. The molecule has 1 aliphatic carbocycles. The molecule has 2 atom stereocenters. The first-order chi connectivity index (χ1) is 9.15. The number of amides is 1. The van der Waals surface area contributed by atoms with Crippen LogP contribution in [0, 0.1) is 0 Å². The van der Waals surface area contributed by atoms with Crippen molar-refractivity contribution in [2.24, 2.45) is 0 Å². The maximum Gasteiger partial charge on any atom is 0.313 e. The van der Waals surface area contributed by atoms with E-state index < -0.39 is 11.9 Å². The second-order valence-electron chi connectivity index (χ2n) is 5.32. The van der Waals surface area contributed by atoms with Gasteiger partial charge in [0, 0.05) is 17.6 Å². The van der Waals surface area contributed by atoms with Crippen molar-refractivity contribution in [2.45, 2.75) is 44.2 Å². The van der Waals surface area contributed by atoms with Gasteiger partial charge < -0.3 is 10.0 Å². The SMILES string of the molecule is CCC1C(C(=O)O)c2ccccc2C(=O)N1C1CC1. The summed E-state index contributed by atoms with van der Waals surface area (Å²) >= 11 is 0. The Morgan fingerprint density at radius 2 is 2.05 bits per heavy atom. The van der Waals surface area contributed by atoms with Crippen LogP contribution < -0.4 is 0 Å². The Morgan fingerprint density at radius 1 is 1.37 bits per heavy atom. The molecule has 2 aliphatic rings. The lowest BCUT2D eigenvalue weighted by Crippen LogP contribution is -2.51. The Labute approximate surface area is 112 Å². The number of carboxylic acid groups (broad SMARTS) is 1. The maximum atomic E-state index is 12.6. The summed E-state index contributed by atoms with van der Waals surface area (Å²) in [7, 11) is 0. The highest BCUT2D eigenvalue weighted by Gasteiger charge is 2.47. The Bertz CT molecular complexity index is 536. The van der Waals surface area contributed by atoms with Crippen LogP contribution in [0.5, 0.6) is 0 Å². The Morgan fingerprint density at radius 3 is 2.63 bits per heavy atom. The van der Waals surface area contributed by atoms with E-state index >= 15 is 0 Å². The lowest BCUT2D eigenvalue weighted by Gasteiger charge is -2.40. The van der Waals surface area contributed by atoms with Gasteiger partial charge in [0.15, 0.2) is 0 Å². The number of fused-ring (bicyclic) bond motifs is 1. The third-order valence-corrected chi connectivity index (χ3v) is 4.13. The number of hydrogen-bond acceptors (Lipinski definition) is 2. The molecule has 1 aliphatic heterocycles. The molecule has 0 radical (unpaired) electrons. The third kappa shape index (κ3) is 1.82. The van der Waals surface area contributed by atoms with Crippen LogP contribution in [-0.4, -0.2) is 34.0 Å². The van der Waals surface area contributed by atoms with Crippen LogP contribution in [0.3, 0.4) is 0 Å². The zero-order chi connectivity index (χ0) is 13.6. The molecule has 1 fully saturated rings. The molecule has 2 unspecified atom stereocenters. The monoisotopic (exact) mass is 259 g/mol. The largest absolute Gasteiger partial charge is 0.481 e. The molecule has 1 heterocycles. The standard InChI is InChI=1S/C15H17NO3/c1-2-12-13(15(18)19)10-5-3-4-6-11(10)14(17)16(12)9-7-8-9/h3-6,9,12-13H,2,7-8H2,1H3,(H,18,19). The van der Waals surface area contributed by atoms with Crippen LogP contribution in [0.2, 0.25) is 0 Å². The van der Waals surface area contributed by atoms with Gasteiger partial charge >= 0.3 is 5.97 Å². The van der Waals surface area contributed by atoms with E-state index in [4.69, 9.17) is 0 Å². The maximum absolute atomic E-state index is 12.6. The summed E-state index contributed by atoms with van der Waals surface area (Å²) in [6.45, 7) is 1.96. The van der Waals surface area contributed by atoms with E-state index in [1.54, 1.807) is 18.2 Å². The molecular formula is C15H17NO3. The van der Waals surface area contributed by atoms with Crippen LogP contribution in [0.15, 0.2) is 24.3 Å². The summed E-state index contributed by atoms with van der Waals surface area (Å²) in [6, 6.07) is 7.16. The van der Waals surface area contributed by atoms with Gasteiger partial charge in [-0.25, -0.2) is 0 Å². The van der Waals surface area contributed by atoms with E-state index in [9.17, 15) is 14.7 Å². The van der Waals surface area contributed by atoms with Crippen LogP contribution in [0.25, 0.3) is 0 Å². The smallest absolute Gasteiger partial charge is 0.313 e. The second kappa shape index (κ2) is 4.37. The molecule has 1 saturated carbocycles. The first kappa shape index (κ1) is 12.2. The van der Waals surface area contributed by atoms with E-state index in [0.29, 0.717) is 17.5 Å². The number of nitrogens with zero attached hydrogens (tertiary/aromatic N) is 1. The van der Waals surface area contributed by atoms with Crippen molar-refractivity contribution in [2.75, 3.05) is 0 Å². The number of carbonyl (C=O) groups excluding carboxylic acids is 1. The van der Waals surface area contributed by atoms with E-state index in [0.717, 1.165) is 12.8 Å². The molecule has 0 spiro atoms. The summed E-state index contributed by atoms with van der Waals surface area (Å²) in [5, 5.41) is 9.55. The number of benzene rings is 1. The Balaban J connectivity index is 2.14. The van der Waals surface area contributed by atoms with Gasteiger partial charge in [0.25, 0.3) is 5.91 Å². The average Bonchev–Trinajstić information content (AvgIpc) is 3.22. The normalized spacial score (nSPS) is 26.2. The molecule has 0 bridgehead atoms. The molecule has 1 aromatic carbocycles. The van der Waals surface area contributed by atoms with Gasteiger partial charge in [0.1, 0.15) is 5.92 Å². The van der Waals surface area contributed by atoms with Gasteiger partial charge in [-0.2, -0.15) is 0 Å². The van der Waals surface area contributed by atoms with Crippen molar-refractivity contribution in [1.29, 1.82) is 0 Å². The Kier molecular flexibility index (Phi) is 2.81. The number of aliphatic carboxylic acids is 1. The fraction of sp³-hybridized carbons (Fsp3) is 0.467. The quantitative estimate of drug-likeness (QED) is 0.905. The predicted molar refractivity (Wildman–Crippen MR) is 70.1 cm³/mol. The topological polar surface area (TPSA) is 57.6 Å². The predicted octanol–water partition coefficient (Wildman–Crippen LogP) is 2.25. The molecule has 1 amide bonds. The molecule has 100 valence electrons. The van der Waals surface area contributed by atoms with Crippen molar-refractivity contribution >= 4 is 11.9 Å². The van der Waals surface area contributed by atoms with Crippen molar-refractivity contribution < 1.29 is 14.7 Å². The first-order valence-corrected chi connectivity index (χ1v) is 6.79. The van der Waals surface area contributed by atoms with E-state index in [-0.39, 0.29) is 18.0 Å². The van der Waals surface area contributed by atoms with Gasteiger partial charge in [-0.15, -0.1) is 0 Å². The van der Waals surface area contributed by atoms with Crippen LogP contribution in [0.1, 0.15) is 48.0 Å². The highest BCUT2D eigenvalue weighted by Crippen LogP contribution is 2.41. The number of carbonyl (C=O) groups is 2. The fourth-order valence-corrected chi connectivity index (χ4v) is 3.14. The van der Waals surface area contributed by atoms with Crippen LogP contribution >= 0.6 is 0 Å². The summed E-state index contributed by atoms with van der Waals surface area (Å²) in [5.74, 6) is -1.43. The van der Waals surface area contributed by atoms with E-state index in [1.807, 2.05) is 17.9 Å². The van der Waals surface area contributed by atoms with Gasteiger partial charge in [0.2, 0.25) is 0 Å². The van der Waals surface area contributed by atoms with Crippen molar-refractivity contribution in [1.82, 2.24) is 4.90 Å². The molecular weight excluding hydrogens is 242 g/mol.